The Morgan fingerprint density at radius 2 is 1.78 bits per heavy atom. The van der Waals surface area contributed by atoms with Gasteiger partial charge in [0, 0.05) is 43.0 Å². The molecule has 2 aromatic carbocycles. The fourth-order valence-corrected chi connectivity index (χ4v) is 4.02. The minimum atomic E-state index is 0.112. The van der Waals surface area contributed by atoms with E-state index in [9.17, 15) is 0 Å². The second kappa shape index (κ2) is 8.45. The number of para-hydroxylation sites is 2. The van der Waals surface area contributed by atoms with Crippen LogP contribution in [0.25, 0.3) is 0 Å². The minimum Gasteiger partial charge on any atom is -0.497 e. The second-order valence-electron chi connectivity index (χ2n) is 7.47. The molecule has 3 heterocycles. The predicted molar refractivity (Wildman–Crippen MR) is 127 cm³/mol. The van der Waals surface area contributed by atoms with Crippen molar-refractivity contribution in [2.45, 2.75) is 0 Å². The molecule has 164 valence electrons. The van der Waals surface area contributed by atoms with E-state index < -0.39 is 0 Å². The number of anilines is 2. The fourth-order valence-electron chi connectivity index (χ4n) is 4.02. The van der Waals surface area contributed by atoms with Gasteiger partial charge < -0.3 is 24.4 Å². The van der Waals surface area contributed by atoms with Gasteiger partial charge in [-0.2, -0.15) is 4.99 Å². The molecular formula is C23H25N6O3+. The standard InChI is InChI=1S/C23H25N6O3/c1-30-18-13-17(14-19(15-18)31-2)25-23-26-22-16-24-7-10-29(22,27-23)21-6-4-3-5-20(21)28-8-11-32-12-9-28/h3-7,10,13-16H,8-9,11-12H2,1-2H3,(H,25,27)/q+1. The summed E-state index contributed by atoms with van der Waals surface area (Å²) in [5.41, 5.74) is 2.89. The molecule has 5 rings (SSSR count). The summed E-state index contributed by atoms with van der Waals surface area (Å²) in [6.45, 7) is 3.08. The second-order valence-corrected chi connectivity index (χ2v) is 7.47. The molecule has 32 heavy (non-hydrogen) atoms. The smallest absolute Gasteiger partial charge is 0.287 e. The van der Waals surface area contributed by atoms with Gasteiger partial charge in [-0.3, -0.25) is 4.99 Å². The summed E-state index contributed by atoms with van der Waals surface area (Å²) >= 11 is 0. The molecule has 0 spiro atoms. The Kier molecular flexibility index (Phi) is 5.34. The molecule has 3 aliphatic heterocycles. The lowest BCUT2D eigenvalue weighted by atomic mass is 10.2. The third kappa shape index (κ3) is 3.61. The molecule has 1 saturated heterocycles. The highest BCUT2D eigenvalue weighted by Gasteiger charge is 2.45. The number of quaternary nitrogens is 1. The molecule has 9 nitrogen and oxygen atoms in total. The van der Waals surface area contributed by atoms with Crippen LogP contribution in [0.3, 0.4) is 0 Å². The zero-order valence-corrected chi connectivity index (χ0v) is 18.1. The molecule has 1 fully saturated rings. The number of hydrogen-bond acceptors (Lipinski definition) is 8. The quantitative estimate of drug-likeness (QED) is 0.733. The van der Waals surface area contributed by atoms with E-state index in [1.54, 1.807) is 26.6 Å². The molecule has 1 atom stereocenters. The van der Waals surface area contributed by atoms with E-state index in [0.717, 1.165) is 30.2 Å². The monoisotopic (exact) mass is 433 g/mol. The van der Waals surface area contributed by atoms with E-state index in [-0.39, 0.29) is 4.59 Å². The number of nitrogens with one attached hydrogen (secondary N) is 1. The topological polar surface area (TPSA) is 80.0 Å². The molecule has 0 aliphatic carbocycles. The van der Waals surface area contributed by atoms with Gasteiger partial charge in [-0.25, -0.2) is 0 Å². The van der Waals surface area contributed by atoms with Gasteiger partial charge in [0.15, 0.2) is 11.9 Å². The van der Waals surface area contributed by atoms with Crippen LogP contribution in [0.1, 0.15) is 0 Å². The first-order valence-corrected chi connectivity index (χ1v) is 10.4. The van der Waals surface area contributed by atoms with Gasteiger partial charge in [0.2, 0.25) is 0 Å². The van der Waals surface area contributed by atoms with Crippen molar-refractivity contribution in [2.24, 2.45) is 15.1 Å². The normalized spacial score (nSPS) is 21.6. The van der Waals surface area contributed by atoms with Crippen LogP contribution in [-0.2, 0) is 4.74 Å². The van der Waals surface area contributed by atoms with Gasteiger partial charge in [-0.15, -0.1) is 0 Å². The number of morpholine rings is 1. The number of methoxy groups -OCH3 is 2. The van der Waals surface area contributed by atoms with Crippen LogP contribution in [0.15, 0.2) is 70.0 Å². The summed E-state index contributed by atoms with van der Waals surface area (Å²) in [4.78, 5) is 11.4. The summed E-state index contributed by atoms with van der Waals surface area (Å²) in [6, 6.07) is 13.9. The summed E-state index contributed by atoms with van der Waals surface area (Å²) in [7, 11) is 3.24. The van der Waals surface area contributed by atoms with Gasteiger partial charge in [0.25, 0.3) is 11.8 Å². The summed E-state index contributed by atoms with van der Waals surface area (Å²) in [5.74, 6) is 2.55. The third-order valence-electron chi connectivity index (χ3n) is 5.59. The maximum atomic E-state index is 5.55. The fraction of sp³-hybridized carbons (Fsp3) is 0.261. The van der Waals surface area contributed by atoms with Gasteiger partial charge in [-0.1, -0.05) is 16.7 Å². The van der Waals surface area contributed by atoms with Crippen LogP contribution in [-0.4, -0.2) is 58.5 Å². The number of amidine groups is 1. The van der Waals surface area contributed by atoms with Gasteiger partial charge in [0.1, 0.15) is 23.4 Å². The highest BCUT2D eigenvalue weighted by Crippen LogP contribution is 2.39. The Morgan fingerprint density at radius 1 is 1.03 bits per heavy atom. The first-order valence-electron chi connectivity index (χ1n) is 10.4. The average Bonchev–Trinajstić information content (AvgIpc) is 3.23. The molecule has 0 bridgehead atoms. The maximum absolute atomic E-state index is 5.55. The number of hydrogen-bond donors (Lipinski definition) is 1. The molecule has 3 aliphatic rings. The lowest BCUT2D eigenvalue weighted by molar-refractivity contribution is 0.122. The number of nitrogens with zero attached hydrogens (tertiary/aromatic N) is 5. The summed E-state index contributed by atoms with van der Waals surface area (Å²) < 4.78 is 16.4. The maximum Gasteiger partial charge on any atom is 0.287 e. The van der Waals surface area contributed by atoms with Crippen LogP contribution in [0.4, 0.5) is 17.1 Å². The van der Waals surface area contributed by atoms with Crippen molar-refractivity contribution >= 4 is 35.1 Å². The van der Waals surface area contributed by atoms with Crippen molar-refractivity contribution in [3.8, 4) is 11.5 Å². The number of fused-ring (bicyclic) bond motifs is 1. The Labute approximate surface area is 186 Å². The van der Waals surface area contributed by atoms with Crippen LogP contribution in [0.2, 0.25) is 0 Å². The van der Waals surface area contributed by atoms with E-state index >= 15 is 0 Å². The highest BCUT2D eigenvalue weighted by molar-refractivity contribution is 6.38. The molecule has 0 aromatic heterocycles. The van der Waals surface area contributed by atoms with Gasteiger partial charge in [0.05, 0.1) is 33.6 Å². The van der Waals surface area contributed by atoms with E-state index in [4.69, 9.17) is 24.3 Å². The van der Waals surface area contributed by atoms with Crippen LogP contribution < -0.4 is 24.3 Å². The number of guanidine groups is 1. The van der Waals surface area contributed by atoms with Crippen LogP contribution >= 0.6 is 0 Å². The molecule has 9 heteroatoms. The predicted octanol–water partition coefficient (Wildman–Crippen LogP) is 3.20. The molecular weight excluding hydrogens is 408 g/mol. The van der Waals surface area contributed by atoms with E-state index in [0.29, 0.717) is 36.5 Å². The Balaban J connectivity index is 1.54. The molecule has 2 aromatic rings. The SMILES string of the molecule is COc1cc(NC2=N[N+]3(c4ccccc4N4CCOCC4)C=CN=CC3=N2)cc(OC)c1. The molecule has 1 unspecified atom stereocenters. The van der Waals surface area contributed by atoms with Gasteiger partial charge >= 0.3 is 0 Å². The number of ether oxygens (including phenoxy) is 3. The summed E-state index contributed by atoms with van der Waals surface area (Å²) in [5, 5.41) is 8.29. The number of benzene rings is 2. The highest BCUT2D eigenvalue weighted by atomic mass is 16.5. The first-order chi connectivity index (χ1) is 15.7. The van der Waals surface area contributed by atoms with Crippen LogP contribution in [0.5, 0.6) is 11.5 Å². The zero-order chi connectivity index (χ0) is 22.0. The lowest BCUT2D eigenvalue weighted by Gasteiger charge is -2.33. The van der Waals surface area contributed by atoms with Gasteiger partial charge in [-0.05, 0) is 11.2 Å². The zero-order valence-electron chi connectivity index (χ0n) is 18.1. The van der Waals surface area contributed by atoms with Crippen molar-refractivity contribution in [1.82, 2.24) is 4.59 Å². The Bertz CT molecular complexity index is 1110. The van der Waals surface area contributed by atoms with Crippen LogP contribution in [0, 0.1) is 0 Å². The third-order valence-corrected chi connectivity index (χ3v) is 5.59. The lowest BCUT2D eigenvalue weighted by Crippen LogP contribution is -2.46. The van der Waals surface area contributed by atoms with Crippen molar-refractivity contribution in [3.05, 3.63) is 54.9 Å². The van der Waals surface area contributed by atoms with E-state index in [1.807, 2.05) is 36.5 Å². The molecule has 1 N–H and O–H groups in total. The largest absolute Gasteiger partial charge is 0.497 e. The minimum absolute atomic E-state index is 0.112. The number of aliphatic imine (C=N–C) groups is 2. The Hall–Kier alpha value is -3.69. The van der Waals surface area contributed by atoms with Crippen molar-refractivity contribution in [2.75, 3.05) is 50.7 Å². The first kappa shape index (κ1) is 20.2. The molecule has 0 radical (unpaired) electrons. The average molecular weight is 433 g/mol. The van der Waals surface area contributed by atoms with E-state index in [1.165, 1.54) is 0 Å². The molecule has 0 amide bonds. The number of rotatable bonds is 5. The van der Waals surface area contributed by atoms with Crippen molar-refractivity contribution in [3.63, 3.8) is 0 Å². The molecule has 0 saturated carbocycles. The van der Waals surface area contributed by atoms with Crippen molar-refractivity contribution < 1.29 is 14.2 Å². The van der Waals surface area contributed by atoms with E-state index in [2.05, 4.69) is 27.3 Å². The summed E-state index contributed by atoms with van der Waals surface area (Å²) in [6.07, 6.45) is 5.45. The van der Waals surface area contributed by atoms with Crippen molar-refractivity contribution in [1.29, 1.82) is 0 Å². The Morgan fingerprint density at radius 3 is 2.53 bits per heavy atom.